The molecule has 1 aliphatic carbocycles. The highest BCUT2D eigenvalue weighted by molar-refractivity contribution is 5.99. The van der Waals surface area contributed by atoms with Crippen LogP contribution < -0.4 is 4.90 Å². The lowest BCUT2D eigenvalue weighted by Crippen LogP contribution is -2.81. The molecule has 3 aromatic rings. The molecular weight excluding hydrogens is 769 g/mol. The molecule has 0 radical (unpaired) electrons. The summed E-state index contributed by atoms with van der Waals surface area (Å²) in [7, 11) is 1.15. The van der Waals surface area contributed by atoms with Gasteiger partial charge in [-0.3, -0.25) is 24.2 Å². The molecule has 9 rings (SSSR count). The zero-order chi connectivity index (χ0) is 42.6. The number of nitrogens with zero attached hydrogens (tertiary/aromatic N) is 3. The van der Waals surface area contributed by atoms with Gasteiger partial charge in [-0.05, 0) is 85.4 Å². The van der Waals surface area contributed by atoms with Crippen LogP contribution in [0.4, 0.5) is 5.69 Å². The number of carbonyl (C=O) groups excluding carboxylic acids is 4. The van der Waals surface area contributed by atoms with Crippen molar-refractivity contribution < 1.29 is 49.1 Å². The lowest BCUT2D eigenvalue weighted by molar-refractivity contribution is -0.228. The predicted molar refractivity (Wildman–Crippen MR) is 220 cm³/mol. The van der Waals surface area contributed by atoms with Gasteiger partial charge in [0.05, 0.1) is 30.8 Å². The molecule has 2 aromatic carbocycles. The van der Waals surface area contributed by atoms with E-state index in [1.165, 1.54) is 11.8 Å². The molecule has 60 heavy (non-hydrogen) atoms. The topological polar surface area (TPSA) is 193 Å². The summed E-state index contributed by atoms with van der Waals surface area (Å²) in [5, 5.41) is 48.7. The SMILES string of the molecule is CC[C@]1(O)C[C@@H]2CN(CCc3c([nH]c4ccccc34)C(C(=O)CO)(c3cc4c(cc3CO)N(C=O)[C@H]3[C@@](O)(C(=O)OC)[C@H](OC(C)=O)[C@]5(CC)C=CCN6CC[C@]43[C@@H]65)C2)C1. The standard InChI is InChI=1S/C46H56N4O10/c1-5-42(57)20-28-21-45(36(55)24-52,37-31(12-16-48(22-28)25-42)30-10-7-8-11-34(30)47-37)32-19-33-35(18-29(32)23-51)50(26-53)39-44(33)14-17-49-15-9-13-43(6-2,38(44)49)40(60-27(3)54)46(39,58)41(56)59-4/h7-11,13,18-19,26,28,38-40,47,51-52,57-58H,5-6,12,14-17,20-25H2,1-4H3/t28-,38-,39+,40+,42-,43+,44+,45?,46-/m0/s1. The van der Waals surface area contributed by atoms with Crippen LogP contribution in [0, 0.1) is 11.3 Å². The van der Waals surface area contributed by atoms with E-state index in [-0.39, 0.29) is 12.3 Å². The molecule has 2 unspecified atom stereocenters. The van der Waals surface area contributed by atoms with Crippen LogP contribution in [0.1, 0.15) is 80.8 Å². The fourth-order valence-corrected chi connectivity index (χ4v) is 13.5. The molecule has 2 bridgehead atoms. The molecule has 6 heterocycles. The van der Waals surface area contributed by atoms with Gasteiger partial charge in [0.15, 0.2) is 11.9 Å². The number of amides is 1. The molecule has 1 aromatic heterocycles. The summed E-state index contributed by atoms with van der Waals surface area (Å²) in [4.78, 5) is 65.8. The average Bonchev–Trinajstić information content (AvgIpc) is 3.92. The molecule has 1 spiro atoms. The minimum Gasteiger partial charge on any atom is -0.467 e. The number of piperidine rings is 1. The Hall–Kier alpha value is -4.44. The van der Waals surface area contributed by atoms with E-state index in [0.717, 1.165) is 23.6 Å². The van der Waals surface area contributed by atoms with Gasteiger partial charge in [0.2, 0.25) is 12.0 Å². The Bertz CT molecular complexity index is 2310. The number of benzene rings is 2. The highest BCUT2D eigenvalue weighted by Gasteiger charge is 2.81. The van der Waals surface area contributed by atoms with Gasteiger partial charge >= 0.3 is 11.9 Å². The van der Waals surface area contributed by atoms with E-state index < -0.39 is 76.6 Å². The second kappa shape index (κ2) is 14.3. The number of aliphatic hydroxyl groups is 4. The summed E-state index contributed by atoms with van der Waals surface area (Å²) < 4.78 is 11.4. The Morgan fingerprint density at radius 3 is 2.48 bits per heavy atom. The van der Waals surface area contributed by atoms with E-state index in [1.54, 1.807) is 6.07 Å². The Morgan fingerprint density at radius 2 is 1.80 bits per heavy atom. The second-order valence-electron chi connectivity index (χ2n) is 18.3. The summed E-state index contributed by atoms with van der Waals surface area (Å²) in [6.07, 6.45) is 5.44. The molecule has 10 atom stereocenters. The number of aliphatic hydroxyl groups excluding tert-OH is 2. The first kappa shape index (κ1) is 40.9. The van der Waals surface area contributed by atoms with E-state index in [0.29, 0.717) is 99.3 Å². The van der Waals surface area contributed by atoms with Gasteiger partial charge in [-0.1, -0.05) is 50.3 Å². The highest BCUT2D eigenvalue weighted by atomic mass is 16.6. The van der Waals surface area contributed by atoms with Crippen LogP contribution in [0.2, 0.25) is 0 Å². The molecule has 3 fully saturated rings. The summed E-state index contributed by atoms with van der Waals surface area (Å²) in [6.45, 7) is 6.54. The Labute approximate surface area is 349 Å². The van der Waals surface area contributed by atoms with Gasteiger partial charge < -0.3 is 39.8 Å². The van der Waals surface area contributed by atoms with Crippen LogP contribution in [-0.4, -0.2) is 135 Å². The fraction of sp³-hybridized carbons (Fsp3) is 0.565. The molecule has 5 N–H and O–H groups in total. The van der Waals surface area contributed by atoms with E-state index in [1.807, 2.05) is 56.3 Å². The molecule has 5 aliphatic heterocycles. The van der Waals surface area contributed by atoms with E-state index in [9.17, 15) is 34.8 Å². The first-order valence-corrected chi connectivity index (χ1v) is 21.4. The van der Waals surface area contributed by atoms with Crippen molar-refractivity contribution in [1.29, 1.82) is 0 Å². The van der Waals surface area contributed by atoms with Crippen molar-refractivity contribution in [3.63, 3.8) is 0 Å². The van der Waals surface area contributed by atoms with Gasteiger partial charge in [0, 0.05) is 72.3 Å². The smallest absolute Gasteiger partial charge is 0.344 e. The van der Waals surface area contributed by atoms with Crippen LogP contribution >= 0.6 is 0 Å². The summed E-state index contributed by atoms with van der Waals surface area (Å²) in [5.74, 6) is -2.46. The first-order valence-electron chi connectivity index (χ1n) is 21.4. The zero-order valence-electron chi connectivity index (χ0n) is 34.8. The third-order valence-corrected chi connectivity index (χ3v) is 15.7. The third kappa shape index (κ3) is 5.27. The van der Waals surface area contributed by atoms with Crippen molar-refractivity contribution in [2.24, 2.45) is 11.3 Å². The number of Topliss-reactive ketones (excluding diaryl/α,β-unsaturated/α-hetero) is 1. The van der Waals surface area contributed by atoms with Gasteiger partial charge in [-0.15, -0.1) is 0 Å². The number of methoxy groups -OCH3 is 1. The average molecular weight is 825 g/mol. The quantitative estimate of drug-likeness (QED) is 0.121. The van der Waals surface area contributed by atoms with Crippen molar-refractivity contribution in [3.05, 3.63) is 76.5 Å². The summed E-state index contributed by atoms with van der Waals surface area (Å²) >= 11 is 0. The normalized spacial score (nSPS) is 36.6. The van der Waals surface area contributed by atoms with Crippen LogP contribution in [0.5, 0.6) is 0 Å². The van der Waals surface area contributed by atoms with Crippen LogP contribution in [0.15, 0.2) is 48.6 Å². The Kier molecular flexibility index (Phi) is 9.77. The number of fused-ring (bicyclic) bond motifs is 6. The number of carbonyl (C=O) groups is 4. The van der Waals surface area contributed by atoms with Gasteiger partial charge in [0.1, 0.15) is 6.61 Å². The summed E-state index contributed by atoms with van der Waals surface area (Å²) in [6, 6.07) is 9.62. The van der Waals surface area contributed by atoms with Crippen molar-refractivity contribution >= 4 is 40.7 Å². The Morgan fingerprint density at radius 1 is 1.02 bits per heavy atom. The van der Waals surface area contributed by atoms with Crippen molar-refractivity contribution in [3.8, 4) is 0 Å². The molecular formula is C46H56N4O10. The fourth-order valence-electron chi connectivity index (χ4n) is 13.5. The van der Waals surface area contributed by atoms with E-state index >= 15 is 4.79 Å². The Balaban J connectivity index is 1.38. The number of aromatic amines is 1. The zero-order valence-corrected chi connectivity index (χ0v) is 34.8. The number of aromatic nitrogens is 1. The maximum absolute atomic E-state index is 15.3. The van der Waals surface area contributed by atoms with Crippen molar-refractivity contribution in [2.45, 2.75) is 106 Å². The van der Waals surface area contributed by atoms with Gasteiger partial charge in [-0.25, -0.2) is 4.79 Å². The van der Waals surface area contributed by atoms with E-state index in [2.05, 4.69) is 14.8 Å². The predicted octanol–water partition coefficient (Wildman–Crippen LogP) is 2.39. The maximum atomic E-state index is 15.3. The number of rotatable bonds is 9. The molecule has 14 nitrogen and oxygen atoms in total. The molecule has 1 amide bonds. The second-order valence-corrected chi connectivity index (χ2v) is 18.3. The number of ether oxygens (including phenoxy) is 2. The molecule has 14 heteroatoms. The van der Waals surface area contributed by atoms with Gasteiger partial charge in [-0.2, -0.15) is 0 Å². The van der Waals surface area contributed by atoms with Crippen LogP contribution in [0.3, 0.4) is 0 Å². The maximum Gasteiger partial charge on any atom is 0.344 e. The van der Waals surface area contributed by atoms with E-state index in [4.69, 9.17) is 9.47 Å². The van der Waals surface area contributed by atoms with Gasteiger partial charge in [0.25, 0.3) is 0 Å². The minimum absolute atomic E-state index is 0.197. The van der Waals surface area contributed by atoms with Crippen LogP contribution in [0.25, 0.3) is 10.9 Å². The number of hydrogen-bond acceptors (Lipinski definition) is 12. The molecule has 1 saturated carbocycles. The molecule has 2 saturated heterocycles. The number of nitrogens with one attached hydrogen (secondary N) is 1. The number of esters is 2. The number of ketones is 1. The molecule has 6 aliphatic rings. The van der Waals surface area contributed by atoms with Crippen molar-refractivity contribution in [2.75, 3.05) is 51.3 Å². The van der Waals surface area contributed by atoms with Crippen LogP contribution in [-0.2, 0) is 52.5 Å². The highest BCUT2D eigenvalue weighted by Crippen LogP contribution is 2.68. The lowest BCUT2D eigenvalue weighted by Gasteiger charge is -2.63. The summed E-state index contributed by atoms with van der Waals surface area (Å²) in [5.41, 5.74) is -3.39. The minimum atomic E-state index is -2.57. The largest absolute Gasteiger partial charge is 0.467 e. The third-order valence-electron chi connectivity index (χ3n) is 15.7. The monoisotopic (exact) mass is 824 g/mol. The number of anilines is 1. The first-order chi connectivity index (χ1) is 28.8. The molecule has 320 valence electrons. The van der Waals surface area contributed by atoms with Crippen molar-refractivity contribution in [1.82, 2.24) is 14.8 Å². The number of hydrogen-bond donors (Lipinski definition) is 5. The lowest BCUT2D eigenvalue weighted by atomic mass is 9.47. The number of H-pyrrole nitrogens is 1. The number of para-hydroxylation sites is 1.